The molecule has 1 aliphatic rings. The fraction of sp³-hybridized carbons (Fsp3) is 0.240. The summed E-state index contributed by atoms with van der Waals surface area (Å²) in [5, 5.41) is 12.2. The van der Waals surface area contributed by atoms with E-state index in [-0.39, 0.29) is 11.7 Å². The van der Waals surface area contributed by atoms with Gasteiger partial charge in [-0.3, -0.25) is 4.79 Å². The number of aromatic nitrogens is 4. The number of nitrogens with one attached hydrogen (secondary N) is 1. The highest BCUT2D eigenvalue weighted by Gasteiger charge is 2.25. The van der Waals surface area contributed by atoms with E-state index in [9.17, 15) is 9.18 Å². The van der Waals surface area contributed by atoms with E-state index in [1.807, 2.05) is 42.8 Å². The van der Waals surface area contributed by atoms with Crippen LogP contribution in [0.2, 0.25) is 0 Å². The molecule has 1 amide bonds. The van der Waals surface area contributed by atoms with E-state index in [1.165, 1.54) is 25.0 Å². The molecule has 1 N–H and O–H groups in total. The van der Waals surface area contributed by atoms with Gasteiger partial charge in [0, 0.05) is 23.9 Å². The Bertz CT molecular complexity index is 1280. The number of hydrogen-bond acceptors (Lipinski definition) is 3. The number of halogens is 1. The average Bonchev–Trinajstić information content (AvgIpc) is 3.38. The Morgan fingerprint density at radius 3 is 2.66 bits per heavy atom. The zero-order chi connectivity index (χ0) is 22.2. The SMILES string of the molecule is Cc1cccc(-c2nn(-c3ccc(F)cc3)cc2C(=O)Nc2c(C)cnn2CC2CC2)c1. The monoisotopic (exact) mass is 429 g/mol. The molecular weight excluding hydrogens is 405 g/mol. The zero-order valence-corrected chi connectivity index (χ0v) is 18.0. The molecule has 1 fully saturated rings. The third-order valence-electron chi connectivity index (χ3n) is 5.72. The Morgan fingerprint density at radius 1 is 1.16 bits per heavy atom. The van der Waals surface area contributed by atoms with Crippen molar-refractivity contribution < 1.29 is 9.18 Å². The van der Waals surface area contributed by atoms with Crippen LogP contribution in [0, 0.1) is 25.6 Å². The van der Waals surface area contributed by atoms with Crippen LogP contribution in [0.1, 0.15) is 34.3 Å². The largest absolute Gasteiger partial charge is 0.306 e. The summed E-state index contributed by atoms with van der Waals surface area (Å²) in [4.78, 5) is 13.4. The van der Waals surface area contributed by atoms with E-state index < -0.39 is 0 Å². The summed E-state index contributed by atoms with van der Waals surface area (Å²) >= 11 is 0. The van der Waals surface area contributed by atoms with Gasteiger partial charge in [-0.25, -0.2) is 13.8 Å². The predicted octanol–water partition coefficient (Wildman–Crippen LogP) is 5.15. The maximum absolute atomic E-state index is 13.4. The smallest absolute Gasteiger partial charge is 0.260 e. The van der Waals surface area contributed by atoms with Crippen molar-refractivity contribution in [3.8, 4) is 16.9 Å². The van der Waals surface area contributed by atoms with Crippen molar-refractivity contribution in [2.24, 2.45) is 5.92 Å². The normalized spacial score (nSPS) is 13.3. The van der Waals surface area contributed by atoms with Crippen molar-refractivity contribution in [1.29, 1.82) is 0 Å². The second kappa shape index (κ2) is 8.07. The summed E-state index contributed by atoms with van der Waals surface area (Å²) < 4.78 is 16.9. The van der Waals surface area contributed by atoms with Crippen molar-refractivity contribution in [2.45, 2.75) is 33.2 Å². The van der Waals surface area contributed by atoms with Gasteiger partial charge in [-0.05, 0) is 62.9 Å². The molecule has 5 rings (SSSR count). The molecule has 162 valence electrons. The molecule has 1 saturated carbocycles. The van der Waals surface area contributed by atoms with Crippen molar-refractivity contribution >= 4 is 11.7 Å². The van der Waals surface area contributed by atoms with Gasteiger partial charge in [0.05, 0.1) is 17.4 Å². The Morgan fingerprint density at radius 2 is 1.94 bits per heavy atom. The molecule has 0 radical (unpaired) electrons. The standard InChI is InChI=1S/C25H24FN5O/c1-16-4-3-5-19(12-16)23-22(15-30(29-23)21-10-8-20(26)9-11-21)25(32)28-24-17(2)13-27-31(24)14-18-6-7-18/h3-5,8-13,15,18H,6-7,14H2,1-2H3,(H,28,32). The lowest BCUT2D eigenvalue weighted by atomic mass is 10.1. The highest BCUT2D eigenvalue weighted by atomic mass is 19.1. The number of benzene rings is 2. The maximum atomic E-state index is 13.4. The number of aryl methyl sites for hydroxylation is 2. The van der Waals surface area contributed by atoms with Crippen LogP contribution in [-0.2, 0) is 6.54 Å². The molecule has 6 nitrogen and oxygen atoms in total. The minimum absolute atomic E-state index is 0.254. The lowest BCUT2D eigenvalue weighted by Gasteiger charge is -2.10. The molecule has 0 spiro atoms. The molecule has 2 heterocycles. The third kappa shape index (κ3) is 4.06. The van der Waals surface area contributed by atoms with E-state index in [1.54, 1.807) is 29.2 Å². The molecule has 7 heteroatoms. The summed E-state index contributed by atoms with van der Waals surface area (Å²) in [6.45, 7) is 4.75. The summed E-state index contributed by atoms with van der Waals surface area (Å²) in [7, 11) is 0. The van der Waals surface area contributed by atoms with Gasteiger partial charge in [0.15, 0.2) is 0 Å². The molecule has 0 saturated heterocycles. The first-order valence-corrected chi connectivity index (χ1v) is 10.7. The van der Waals surface area contributed by atoms with Gasteiger partial charge in [0.1, 0.15) is 17.3 Å². The van der Waals surface area contributed by atoms with Crippen LogP contribution >= 0.6 is 0 Å². The van der Waals surface area contributed by atoms with Crippen molar-refractivity contribution in [3.05, 3.63) is 83.4 Å². The molecular formula is C25H24FN5O. The van der Waals surface area contributed by atoms with Crippen molar-refractivity contribution in [1.82, 2.24) is 19.6 Å². The summed E-state index contributed by atoms with van der Waals surface area (Å²) in [5.41, 5.74) is 4.53. The van der Waals surface area contributed by atoms with E-state index in [0.29, 0.717) is 28.7 Å². The fourth-order valence-electron chi connectivity index (χ4n) is 3.77. The lowest BCUT2D eigenvalue weighted by molar-refractivity contribution is 0.102. The Labute approximate surface area is 185 Å². The van der Waals surface area contributed by atoms with E-state index in [0.717, 1.165) is 23.2 Å². The summed E-state index contributed by atoms with van der Waals surface area (Å²) in [6.07, 6.45) is 5.88. The predicted molar refractivity (Wildman–Crippen MR) is 121 cm³/mol. The fourth-order valence-corrected chi connectivity index (χ4v) is 3.77. The van der Waals surface area contributed by atoms with Crippen LogP contribution in [0.5, 0.6) is 0 Å². The molecule has 0 bridgehead atoms. The maximum Gasteiger partial charge on any atom is 0.260 e. The molecule has 0 atom stereocenters. The van der Waals surface area contributed by atoms with Crippen LogP contribution in [0.25, 0.3) is 16.9 Å². The second-order valence-corrected chi connectivity index (χ2v) is 8.44. The topological polar surface area (TPSA) is 64.7 Å². The zero-order valence-electron chi connectivity index (χ0n) is 18.0. The van der Waals surface area contributed by atoms with Gasteiger partial charge in [0.25, 0.3) is 5.91 Å². The van der Waals surface area contributed by atoms with Crippen LogP contribution in [0.15, 0.2) is 60.9 Å². The minimum Gasteiger partial charge on any atom is -0.306 e. The number of carbonyl (C=O) groups excluding carboxylic acids is 1. The highest BCUT2D eigenvalue weighted by molar-refractivity contribution is 6.08. The number of nitrogens with zero attached hydrogens (tertiary/aromatic N) is 4. The highest BCUT2D eigenvalue weighted by Crippen LogP contribution is 2.32. The van der Waals surface area contributed by atoms with Crippen molar-refractivity contribution in [2.75, 3.05) is 5.32 Å². The van der Waals surface area contributed by atoms with Crippen LogP contribution < -0.4 is 5.32 Å². The van der Waals surface area contributed by atoms with E-state index in [2.05, 4.69) is 15.5 Å². The van der Waals surface area contributed by atoms with E-state index >= 15 is 0 Å². The molecule has 0 unspecified atom stereocenters. The Kier molecular flexibility index (Phi) is 5.09. The third-order valence-corrected chi connectivity index (χ3v) is 5.72. The molecule has 2 aromatic heterocycles. The molecule has 32 heavy (non-hydrogen) atoms. The number of anilines is 1. The van der Waals surface area contributed by atoms with Crippen LogP contribution in [-0.4, -0.2) is 25.5 Å². The Hall–Kier alpha value is -3.74. The van der Waals surface area contributed by atoms with Gasteiger partial charge in [-0.1, -0.05) is 23.8 Å². The molecule has 4 aromatic rings. The van der Waals surface area contributed by atoms with Gasteiger partial charge in [0.2, 0.25) is 0 Å². The number of hydrogen-bond donors (Lipinski definition) is 1. The van der Waals surface area contributed by atoms with Gasteiger partial charge >= 0.3 is 0 Å². The quantitative estimate of drug-likeness (QED) is 0.461. The minimum atomic E-state index is -0.322. The van der Waals surface area contributed by atoms with E-state index in [4.69, 9.17) is 0 Å². The molecule has 2 aromatic carbocycles. The molecule has 1 aliphatic carbocycles. The summed E-state index contributed by atoms with van der Waals surface area (Å²) in [5.74, 6) is 0.772. The van der Waals surface area contributed by atoms with Crippen LogP contribution in [0.4, 0.5) is 10.2 Å². The molecule has 0 aliphatic heterocycles. The number of rotatable bonds is 6. The van der Waals surface area contributed by atoms with Crippen LogP contribution in [0.3, 0.4) is 0 Å². The first-order chi connectivity index (χ1) is 15.5. The average molecular weight is 429 g/mol. The van der Waals surface area contributed by atoms with Gasteiger partial charge in [-0.2, -0.15) is 10.2 Å². The van der Waals surface area contributed by atoms with Crippen molar-refractivity contribution in [3.63, 3.8) is 0 Å². The lowest BCUT2D eigenvalue weighted by Crippen LogP contribution is -2.17. The van der Waals surface area contributed by atoms with Gasteiger partial charge < -0.3 is 5.32 Å². The van der Waals surface area contributed by atoms with Gasteiger partial charge in [-0.15, -0.1) is 0 Å². The summed E-state index contributed by atoms with van der Waals surface area (Å²) in [6, 6.07) is 13.9. The first-order valence-electron chi connectivity index (χ1n) is 10.7. The number of amides is 1. The Balaban J connectivity index is 1.54. The number of carbonyl (C=O) groups is 1. The first kappa shape index (κ1) is 20.2. The second-order valence-electron chi connectivity index (χ2n) is 8.44.